The first-order valence-corrected chi connectivity index (χ1v) is 7.59. The number of carbonyl (C=O) groups is 1. The maximum absolute atomic E-state index is 12.2. The molecule has 3 heteroatoms. The Kier molecular flexibility index (Phi) is 7.33. The molecule has 0 aliphatic carbocycles. The molecule has 0 bridgehead atoms. The summed E-state index contributed by atoms with van der Waals surface area (Å²) in [4.78, 5) is 14.4. The molecule has 1 saturated heterocycles. The largest absolute Gasteiger partial charge is 0.340 e. The molecule has 0 radical (unpaired) electrons. The lowest BCUT2D eigenvalue weighted by molar-refractivity contribution is -0.135. The quantitative estimate of drug-likeness (QED) is 0.709. The van der Waals surface area contributed by atoms with E-state index >= 15 is 0 Å². The van der Waals surface area contributed by atoms with Gasteiger partial charge >= 0.3 is 0 Å². The van der Waals surface area contributed by atoms with Crippen LogP contribution in [0.4, 0.5) is 0 Å². The summed E-state index contributed by atoms with van der Waals surface area (Å²) in [6.45, 7) is 6.46. The van der Waals surface area contributed by atoms with Gasteiger partial charge in [-0.2, -0.15) is 0 Å². The first kappa shape index (κ1) is 15.5. The Morgan fingerprint density at radius 3 is 2.83 bits per heavy atom. The van der Waals surface area contributed by atoms with Gasteiger partial charge in [0.25, 0.3) is 0 Å². The van der Waals surface area contributed by atoms with Gasteiger partial charge in [0.15, 0.2) is 0 Å². The van der Waals surface area contributed by atoms with Crippen molar-refractivity contribution in [2.75, 3.05) is 20.1 Å². The average Bonchev–Trinajstić information content (AvgIpc) is 2.37. The Morgan fingerprint density at radius 1 is 1.39 bits per heavy atom. The van der Waals surface area contributed by atoms with Gasteiger partial charge in [-0.1, -0.05) is 13.8 Å². The Morgan fingerprint density at radius 2 is 2.17 bits per heavy atom. The number of nitrogens with zero attached hydrogens (tertiary/aromatic N) is 1. The fraction of sp³-hybridized carbons (Fsp3) is 0.933. The number of nitrogens with one attached hydrogen (secondary N) is 1. The molecule has 0 aromatic rings. The molecule has 18 heavy (non-hydrogen) atoms. The second-order valence-electron chi connectivity index (χ2n) is 5.92. The number of carbonyl (C=O) groups excluding carboxylic acids is 1. The summed E-state index contributed by atoms with van der Waals surface area (Å²) in [6.07, 6.45) is 7.80. The standard InChI is InChI=1S/C15H30N2O/c1-13(2)9-10-14-7-4-5-12-17(14)15(18)8-6-11-16-3/h13-14,16H,4-12H2,1-3H3. The molecule has 1 fully saturated rings. The summed E-state index contributed by atoms with van der Waals surface area (Å²) in [5.74, 6) is 1.12. The smallest absolute Gasteiger partial charge is 0.222 e. The SMILES string of the molecule is CNCCCC(=O)N1CCCCC1CCC(C)C. The molecular weight excluding hydrogens is 224 g/mol. The minimum atomic E-state index is 0.374. The van der Waals surface area contributed by atoms with E-state index in [0.717, 1.165) is 25.4 Å². The second-order valence-corrected chi connectivity index (χ2v) is 5.92. The molecule has 1 rings (SSSR count). The van der Waals surface area contributed by atoms with Crippen LogP contribution in [0.5, 0.6) is 0 Å². The molecular formula is C15H30N2O. The summed E-state index contributed by atoms with van der Waals surface area (Å²) < 4.78 is 0. The molecule has 1 N–H and O–H groups in total. The van der Waals surface area contributed by atoms with E-state index < -0.39 is 0 Å². The third-order valence-corrected chi connectivity index (χ3v) is 3.84. The monoisotopic (exact) mass is 254 g/mol. The zero-order valence-electron chi connectivity index (χ0n) is 12.4. The highest BCUT2D eigenvalue weighted by Gasteiger charge is 2.25. The van der Waals surface area contributed by atoms with Crippen molar-refractivity contribution in [3.63, 3.8) is 0 Å². The Balaban J connectivity index is 2.40. The fourth-order valence-corrected chi connectivity index (χ4v) is 2.71. The van der Waals surface area contributed by atoms with E-state index in [4.69, 9.17) is 0 Å². The van der Waals surface area contributed by atoms with Crippen molar-refractivity contribution < 1.29 is 4.79 Å². The number of rotatable bonds is 7. The van der Waals surface area contributed by atoms with Gasteiger partial charge in [0.2, 0.25) is 5.91 Å². The van der Waals surface area contributed by atoms with E-state index in [0.29, 0.717) is 18.4 Å². The summed E-state index contributed by atoms with van der Waals surface area (Å²) in [7, 11) is 1.94. The Hall–Kier alpha value is -0.570. The number of likely N-dealkylation sites (tertiary alicyclic amines) is 1. The fourth-order valence-electron chi connectivity index (χ4n) is 2.71. The summed E-state index contributed by atoms with van der Waals surface area (Å²) in [5.41, 5.74) is 0. The van der Waals surface area contributed by atoms with Gasteiger partial charge in [0.1, 0.15) is 0 Å². The van der Waals surface area contributed by atoms with Crippen LogP contribution in [0.1, 0.15) is 58.8 Å². The Labute approximate surface area is 112 Å². The molecule has 1 amide bonds. The van der Waals surface area contributed by atoms with Crippen molar-refractivity contribution in [2.45, 2.75) is 64.8 Å². The van der Waals surface area contributed by atoms with Gasteiger partial charge in [0.05, 0.1) is 0 Å². The number of amides is 1. The molecule has 1 atom stereocenters. The van der Waals surface area contributed by atoms with Gasteiger partial charge in [0, 0.05) is 19.0 Å². The van der Waals surface area contributed by atoms with Crippen molar-refractivity contribution in [3.8, 4) is 0 Å². The van der Waals surface area contributed by atoms with Crippen molar-refractivity contribution >= 4 is 5.91 Å². The number of hydrogen-bond acceptors (Lipinski definition) is 2. The van der Waals surface area contributed by atoms with Crippen LogP contribution in [-0.2, 0) is 4.79 Å². The highest BCUT2D eigenvalue weighted by atomic mass is 16.2. The molecule has 0 aromatic carbocycles. The zero-order chi connectivity index (χ0) is 13.4. The highest BCUT2D eigenvalue weighted by Crippen LogP contribution is 2.23. The van der Waals surface area contributed by atoms with Crippen LogP contribution in [0.3, 0.4) is 0 Å². The maximum Gasteiger partial charge on any atom is 0.222 e. The third-order valence-electron chi connectivity index (χ3n) is 3.84. The van der Waals surface area contributed by atoms with Crippen molar-refractivity contribution in [1.29, 1.82) is 0 Å². The molecule has 106 valence electrons. The van der Waals surface area contributed by atoms with Crippen molar-refractivity contribution in [2.24, 2.45) is 5.92 Å². The lowest BCUT2D eigenvalue weighted by Gasteiger charge is -2.36. The van der Waals surface area contributed by atoms with Gasteiger partial charge < -0.3 is 10.2 Å². The van der Waals surface area contributed by atoms with Crippen LogP contribution in [0, 0.1) is 5.92 Å². The predicted molar refractivity (Wildman–Crippen MR) is 76.6 cm³/mol. The maximum atomic E-state index is 12.2. The third kappa shape index (κ3) is 5.38. The second kappa shape index (κ2) is 8.52. The van der Waals surface area contributed by atoms with Crippen LogP contribution in [0.25, 0.3) is 0 Å². The van der Waals surface area contributed by atoms with Crippen LogP contribution in [0.15, 0.2) is 0 Å². The molecule has 0 aromatic heterocycles. The minimum absolute atomic E-state index is 0.374. The normalized spacial score (nSPS) is 20.4. The summed E-state index contributed by atoms with van der Waals surface area (Å²) in [6, 6.07) is 0.517. The van der Waals surface area contributed by atoms with Crippen LogP contribution in [0.2, 0.25) is 0 Å². The van der Waals surface area contributed by atoms with E-state index in [1.54, 1.807) is 0 Å². The first-order chi connectivity index (χ1) is 8.65. The van der Waals surface area contributed by atoms with E-state index in [1.165, 1.54) is 32.1 Å². The molecule has 0 spiro atoms. The average molecular weight is 254 g/mol. The van der Waals surface area contributed by atoms with E-state index in [9.17, 15) is 4.79 Å². The highest BCUT2D eigenvalue weighted by molar-refractivity contribution is 5.76. The van der Waals surface area contributed by atoms with Crippen molar-refractivity contribution in [1.82, 2.24) is 10.2 Å². The predicted octanol–water partition coefficient (Wildman–Crippen LogP) is 2.80. The lowest BCUT2D eigenvalue weighted by Crippen LogP contribution is -2.43. The van der Waals surface area contributed by atoms with E-state index in [2.05, 4.69) is 24.1 Å². The molecule has 1 aliphatic heterocycles. The van der Waals surface area contributed by atoms with Crippen molar-refractivity contribution in [3.05, 3.63) is 0 Å². The summed E-state index contributed by atoms with van der Waals surface area (Å²) in [5, 5.41) is 3.11. The Bertz CT molecular complexity index is 241. The molecule has 1 unspecified atom stereocenters. The summed E-state index contributed by atoms with van der Waals surface area (Å²) >= 11 is 0. The zero-order valence-corrected chi connectivity index (χ0v) is 12.4. The van der Waals surface area contributed by atoms with Gasteiger partial charge in [-0.25, -0.2) is 0 Å². The van der Waals surface area contributed by atoms with Crippen LogP contribution < -0.4 is 5.32 Å². The van der Waals surface area contributed by atoms with Crippen LogP contribution >= 0.6 is 0 Å². The van der Waals surface area contributed by atoms with E-state index in [-0.39, 0.29) is 0 Å². The molecule has 1 heterocycles. The topological polar surface area (TPSA) is 32.3 Å². The molecule has 0 saturated carbocycles. The van der Waals surface area contributed by atoms with E-state index in [1.807, 2.05) is 7.05 Å². The minimum Gasteiger partial charge on any atom is -0.340 e. The van der Waals surface area contributed by atoms with Gasteiger partial charge in [-0.15, -0.1) is 0 Å². The number of hydrogen-bond donors (Lipinski definition) is 1. The first-order valence-electron chi connectivity index (χ1n) is 7.59. The lowest BCUT2D eigenvalue weighted by atomic mass is 9.94. The van der Waals surface area contributed by atoms with Crippen LogP contribution in [-0.4, -0.2) is 37.0 Å². The number of piperidine rings is 1. The van der Waals surface area contributed by atoms with Gasteiger partial charge in [-0.3, -0.25) is 4.79 Å². The molecule has 3 nitrogen and oxygen atoms in total. The van der Waals surface area contributed by atoms with Gasteiger partial charge in [-0.05, 0) is 58.0 Å². The molecule has 1 aliphatic rings.